The van der Waals surface area contributed by atoms with E-state index in [0.717, 1.165) is 49.5 Å². The average molecular weight is 217 g/mol. The standard InChI is InChI=1S/C13H15NO2/c1-2-4-12-11(3-1)14-13(16-12)9-10-5-7-15-8-6-10/h1-4,10H,5-9H2. The van der Waals surface area contributed by atoms with Gasteiger partial charge in [-0.05, 0) is 30.9 Å². The molecule has 0 amide bonds. The molecule has 0 bridgehead atoms. The largest absolute Gasteiger partial charge is 0.441 e. The highest BCUT2D eigenvalue weighted by atomic mass is 16.5. The van der Waals surface area contributed by atoms with Gasteiger partial charge >= 0.3 is 0 Å². The van der Waals surface area contributed by atoms with Gasteiger partial charge < -0.3 is 9.15 Å². The number of para-hydroxylation sites is 2. The molecule has 1 aromatic carbocycles. The fraction of sp³-hybridized carbons (Fsp3) is 0.462. The lowest BCUT2D eigenvalue weighted by Gasteiger charge is -2.20. The number of oxazole rings is 1. The molecule has 1 fully saturated rings. The summed E-state index contributed by atoms with van der Waals surface area (Å²) in [6.45, 7) is 1.76. The number of fused-ring (bicyclic) bond motifs is 1. The minimum Gasteiger partial charge on any atom is -0.441 e. The van der Waals surface area contributed by atoms with E-state index in [0.29, 0.717) is 5.92 Å². The van der Waals surface area contributed by atoms with Crippen molar-refractivity contribution in [3.63, 3.8) is 0 Å². The first-order chi connectivity index (χ1) is 7.92. The van der Waals surface area contributed by atoms with Gasteiger partial charge in [-0.2, -0.15) is 0 Å². The van der Waals surface area contributed by atoms with E-state index in [1.54, 1.807) is 0 Å². The van der Waals surface area contributed by atoms with Crippen molar-refractivity contribution < 1.29 is 9.15 Å². The Hall–Kier alpha value is -1.35. The summed E-state index contributed by atoms with van der Waals surface area (Å²) in [5, 5.41) is 0. The molecule has 0 spiro atoms. The molecule has 2 aromatic rings. The third kappa shape index (κ3) is 1.95. The van der Waals surface area contributed by atoms with Crippen LogP contribution in [0.5, 0.6) is 0 Å². The van der Waals surface area contributed by atoms with Crippen LogP contribution >= 0.6 is 0 Å². The smallest absolute Gasteiger partial charge is 0.195 e. The van der Waals surface area contributed by atoms with Crippen molar-refractivity contribution >= 4 is 11.1 Å². The quantitative estimate of drug-likeness (QED) is 0.775. The lowest BCUT2D eigenvalue weighted by Crippen LogP contribution is -2.17. The number of hydrogen-bond acceptors (Lipinski definition) is 3. The number of ether oxygens (including phenoxy) is 1. The van der Waals surface area contributed by atoms with Crippen LogP contribution in [0.1, 0.15) is 18.7 Å². The van der Waals surface area contributed by atoms with Crippen molar-refractivity contribution in [1.82, 2.24) is 4.98 Å². The van der Waals surface area contributed by atoms with Gasteiger partial charge in [0.2, 0.25) is 0 Å². The molecule has 1 aliphatic heterocycles. The van der Waals surface area contributed by atoms with E-state index < -0.39 is 0 Å². The first kappa shape index (κ1) is 9.85. The molecule has 0 radical (unpaired) electrons. The van der Waals surface area contributed by atoms with Gasteiger partial charge in [-0.25, -0.2) is 4.98 Å². The highest BCUT2D eigenvalue weighted by molar-refractivity contribution is 5.72. The van der Waals surface area contributed by atoms with E-state index in [-0.39, 0.29) is 0 Å². The molecule has 16 heavy (non-hydrogen) atoms. The molecule has 2 heterocycles. The van der Waals surface area contributed by atoms with Crippen LogP contribution in [0, 0.1) is 5.92 Å². The molecule has 84 valence electrons. The molecule has 3 heteroatoms. The molecule has 0 unspecified atom stereocenters. The number of rotatable bonds is 2. The Morgan fingerprint density at radius 2 is 2.00 bits per heavy atom. The second-order valence-electron chi connectivity index (χ2n) is 4.34. The molecule has 0 atom stereocenters. The molecule has 3 rings (SSSR count). The lowest BCUT2D eigenvalue weighted by atomic mass is 9.97. The van der Waals surface area contributed by atoms with E-state index in [9.17, 15) is 0 Å². The molecule has 1 aliphatic rings. The Morgan fingerprint density at radius 3 is 2.81 bits per heavy atom. The van der Waals surface area contributed by atoms with Gasteiger partial charge in [-0.15, -0.1) is 0 Å². The van der Waals surface area contributed by atoms with Crippen molar-refractivity contribution in [2.45, 2.75) is 19.3 Å². The molecular formula is C13H15NO2. The summed E-state index contributed by atoms with van der Waals surface area (Å²) in [5.74, 6) is 1.54. The maximum Gasteiger partial charge on any atom is 0.195 e. The monoisotopic (exact) mass is 217 g/mol. The SMILES string of the molecule is c1ccc2oc(CC3CCOCC3)nc2c1. The normalized spacial score (nSPS) is 18.0. The topological polar surface area (TPSA) is 35.3 Å². The zero-order chi connectivity index (χ0) is 10.8. The van der Waals surface area contributed by atoms with Crippen LogP contribution in [0.2, 0.25) is 0 Å². The minimum absolute atomic E-state index is 0.668. The summed E-state index contributed by atoms with van der Waals surface area (Å²) < 4.78 is 11.1. The van der Waals surface area contributed by atoms with Crippen LogP contribution in [0.4, 0.5) is 0 Å². The van der Waals surface area contributed by atoms with Crippen molar-refractivity contribution in [2.24, 2.45) is 5.92 Å². The summed E-state index contributed by atoms with van der Waals surface area (Å²) >= 11 is 0. The number of nitrogens with zero attached hydrogens (tertiary/aromatic N) is 1. The molecule has 1 aromatic heterocycles. The van der Waals surface area contributed by atoms with Crippen LogP contribution in [0.3, 0.4) is 0 Å². The predicted octanol–water partition coefficient (Wildman–Crippen LogP) is 2.80. The number of benzene rings is 1. The molecular weight excluding hydrogens is 202 g/mol. The van der Waals surface area contributed by atoms with Crippen LogP contribution in [-0.4, -0.2) is 18.2 Å². The van der Waals surface area contributed by atoms with Gasteiger partial charge in [0, 0.05) is 19.6 Å². The number of hydrogen-bond donors (Lipinski definition) is 0. The Kier molecular flexibility index (Phi) is 2.62. The molecule has 0 N–H and O–H groups in total. The highest BCUT2D eigenvalue weighted by Crippen LogP contribution is 2.22. The third-order valence-electron chi connectivity index (χ3n) is 3.14. The van der Waals surface area contributed by atoms with Crippen molar-refractivity contribution in [1.29, 1.82) is 0 Å². The van der Waals surface area contributed by atoms with Gasteiger partial charge in [-0.3, -0.25) is 0 Å². The molecule has 1 saturated heterocycles. The Balaban J connectivity index is 1.78. The van der Waals surface area contributed by atoms with Gasteiger partial charge in [0.05, 0.1) is 0 Å². The average Bonchev–Trinajstić information content (AvgIpc) is 2.72. The molecule has 0 saturated carbocycles. The zero-order valence-electron chi connectivity index (χ0n) is 9.19. The summed E-state index contributed by atoms with van der Waals surface area (Å²) in [7, 11) is 0. The summed E-state index contributed by atoms with van der Waals surface area (Å²) in [6.07, 6.45) is 3.19. The van der Waals surface area contributed by atoms with Crippen LogP contribution in [-0.2, 0) is 11.2 Å². The molecule has 3 nitrogen and oxygen atoms in total. The van der Waals surface area contributed by atoms with Gasteiger partial charge in [0.15, 0.2) is 11.5 Å². The lowest BCUT2D eigenvalue weighted by molar-refractivity contribution is 0.0648. The second-order valence-corrected chi connectivity index (χ2v) is 4.34. The number of aromatic nitrogens is 1. The Bertz CT molecular complexity index is 438. The minimum atomic E-state index is 0.668. The summed E-state index contributed by atoms with van der Waals surface area (Å²) in [4.78, 5) is 4.50. The van der Waals surface area contributed by atoms with E-state index in [1.165, 1.54) is 0 Å². The first-order valence-corrected chi connectivity index (χ1v) is 5.84. The summed E-state index contributed by atoms with van der Waals surface area (Å²) in [6, 6.07) is 7.93. The maximum atomic E-state index is 5.72. The first-order valence-electron chi connectivity index (χ1n) is 5.84. The Morgan fingerprint density at radius 1 is 1.19 bits per heavy atom. The van der Waals surface area contributed by atoms with E-state index in [4.69, 9.17) is 9.15 Å². The molecule has 0 aliphatic carbocycles. The van der Waals surface area contributed by atoms with Gasteiger partial charge in [-0.1, -0.05) is 12.1 Å². The second kappa shape index (κ2) is 4.26. The van der Waals surface area contributed by atoms with Gasteiger partial charge in [0.25, 0.3) is 0 Å². The van der Waals surface area contributed by atoms with E-state index in [2.05, 4.69) is 4.98 Å². The van der Waals surface area contributed by atoms with Crippen LogP contribution in [0.15, 0.2) is 28.7 Å². The Labute approximate surface area is 94.4 Å². The third-order valence-corrected chi connectivity index (χ3v) is 3.14. The maximum absolute atomic E-state index is 5.72. The van der Waals surface area contributed by atoms with Crippen molar-refractivity contribution in [2.75, 3.05) is 13.2 Å². The van der Waals surface area contributed by atoms with Gasteiger partial charge in [0.1, 0.15) is 5.52 Å². The summed E-state index contributed by atoms with van der Waals surface area (Å²) in [5.41, 5.74) is 1.86. The van der Waals surface area contributed by atoms with E-state index in [1.807, 2.05) is 24.3 Å². The zero-order valence-corrected chi connectivity index (χ0v) is 9.19. The fourth-order valence-electron chi connectivity index (χ4n) is 2.20. The highest BCUT2D eigenvalue weighted by Gasteiger charge is 2.17. The van der Waals surface area contributed by atoms with Crippen molar-refractivity contribution in [3.05, 3.63) is 30.2 Å². The fourth-order valence-corrected chi connectivity index (χ4v) is 2.20. The van der Waals surface area contributed by atoms with Crippen LogP contribution in [0.25, 0.3) is 11.1 Å². The van der Waals surface area contributed by atoms with E-state index >= 15 is 0 Å². The predicted molar refractivity (Wildman–Crippen MR) is 61.3 cm³/mol. The van der Waals surface area contributed by atoms with Crippen LogP contribution < -0.4 is 0 Å². The van der Waals surface area contributed by atoms with Crippen molar-refractivity contribution in [3.8, 4) is 0 Å².